The van der Waals surface area contributed by atoms with Crippen molar-refractivity contribution in [2.45, 2.75) is 31.7 Å². The Morgan fingerprint density at radius 2 is 1.94 bits per heavy atom. The SMILES string of the molecule is NC1C2=C(CCCC2)N=Cc2ccccc21. The van der Waals surface area contributed by atoms with Gasteiger partial charge in [0, 0.05) is 11.9 Å². The lowest BCUT2D eigenvalue weighted by atomic mass is 9.88. The monoisotopic (exact) mass is 212 g/mol. The average molecular weight is 212 g/mol. The molecule has 1 heterocycles. The standard InChI is InChI=1S/C14H16N2/c15-14-11-6-2-1-5-10(11)9-16-13-8-4-3-7-12(13)14/h1-2,5-6,9,14H,3-4,7-8,15H2. The normalized spacial score (nSPS) is 23.7. The van der Waals surface area contributed by atoms with Crippen LogP contribution in [0.2, 0.25) is 0 Å². The molecule has 2 heteroatoms. The number of fused-ring (bicyclic) bond motifs is 1. The summed E-state index contributed by atoms with van der Waals surface area (Å²) in [5, 5.41) is 0. The Bertz CT molecular complexity index is 471. The summed E-state index contributed by atoms with van der Waals surface area (Å²) in [6.07, 6.45) is 6.68. The number of hydrogen-bond donors (Lipinski definition) is 1. The van der Waals surface area contributed by atoms with Gasteiger partial charge >= 0.3 is 0 Å². The van der Waals surface area contributed by atoms with Crippen molar-refractivity contribution >= 4 is 6.21 Å². The zero-order chi connectivity index (χ0) is 11.0. The zero-order valence-electron chi connectivity index (χ0n) is 9.32. The molecule has 0 aromatic heterocycles. The Kier molecular flexibility index (Phi) is 2.37. The highest BCUT2D eigenvalue weighted by Gasteiger charge is 2.22. The van der Waals surface area contributed by atoms with Gasteiger partial charge in [-0.15, -0.1) is 0 Å². The highest BCUT2D eigenvalue weighted by atomic mass is 14.8. The maximum Gasteiger partial charge on any atom is 0.0538 e. The number of hydrogen-bond acceptors (Lipinski definition) is 2. The van der Waals surface area contributed by atoms with Gasteiger partial charge in [0.1, 0.15) is 0 Å². The van der Waals surface area contributed by atoms with Gasteiger partial charge in [0.2, 0.25) is 0 Å². The predicted octanol–water partition coefficient (Wildman–Crippen LogP) is 2.95. The quantitative estimate of drug-likeness (QED) is 0.705. The second-order valence-corrected chi connectivity index (χ2v) is 4.54. The van der Waals surface area contributed by atoms with Crippen LogP contribution in [-0.2, 0) is 0 Å². The van der Waals surface area contributed by atoms with Crippen LogP contribution in [-0.4, -0.2) is 6.21 Å². The largest absolute Gasteiger partial charge is 0.320 e. The lowest BCUT2D eigenvalue weighted by Crippen LogP contribution is -2.16. The highest BCUT2D eigenvalue weighted by Crippen LogP contribution is 2.35. The minimum atomic E-state index is 0.0500. The molecule has 82 valence electrons. The molecule has 16 heavy (non-hydrogen) atoms. The van der Waals surface area contributed by atoms with Gasteiger partial charge in [-0.05, 0) is 42.4 Å². The van der Waals surface area contributed by atoms with E-state index < -0.39 is 0 Å². The molecule has 2 aliphatic rings. The molecule has 0 radical (unpaired) electrons. The summed E-state index contributed by atoms with van der Waals surface area (Å²) >= 11 is 0. The molecule has 2 N–H and O–H groups in total. The molecule has 3 rings (SSSR count). The first-order chi connectivity index (χ1) is 7.86. The molecule has 1 aliphatic carbocycles. The third-order valence-electron chi connectivity index (χ3n) is 3.55. The van der Waals surface area contributed by atoms with Crippen molar-refractivity contribution in [3.05, 3.63) is 46.7 Å². The summed E-state index contributed by atoms with van der Waals surface area (Å²) < 4.78 is 0. The minimum Gasteiger partial charge on any atom is -0.320 e. The molecular weight excluding hydrogens is 196 g/mol. The molecular formula is C14H16N2. The first kappa shape index (κ1) is 9.79. The topological polar surface area (TPSA) is 38.4 Å². The fraction of sp³-hybridized carbons (Fsp3) is 0.357. The molecule has 2 nitrogen and oxygen atoms in total. The average Bonchev–Trinajstić information content (AvgIpc) is 2.49. The first-order valence-corrected chi connectivity index (χ1v) is 5.97. The highest BCUT2D eigenvalue weighted by molar-refractivity contribution is 5.84. The predicted molar refractivity (Wildman–Crippen MR) is 66.5 cm³/mol. The molecule has 1 aromatic carbocycles. The summed E-state index contributed by atoms with van der Waals surface area (Å²) in [6.45, 7) is 0. The number of nitrogens with two attached hydrogens (primary N) is 1. The van der Waals surface area contributed by atoms with Crippen LogP contribution in [0.25, 0.3) is 0 Å². The van der Waals surface area contributed by atoms with Crippen LogP contribution in [0.3, 0.4) is 0 Å². The molecule has 1 aromatic rings. The summed E-state index contributed by atoms with van der Waals surface area (Å²) in [6, 6.07) is 8.37. The Balaban J connectivity index is 2.13. The van der Waals surface area contributed by atoms with Gasteiger partial charge in [-0.2, -0.15) is 0 Å². The molecule has 1 unspecified atom stereocenters. The van der Waals surface area contributed by atoms with E-state index >= 15 is 0 Å². The van der Waals surface area contributed by atoms with Crippen molar-refractivity contribution in [1.82, 2.24) is 0 Å². The zero-order valence-corrected chi connectivity index (χ0v) is 9.32. The van der Waals surface area contributed by atoms with Crippen molar-refractivity contribution < 1.29 is 0 Å². The lowest BCUT2D eigenvalue weighted by Gasteiger charge is -2.22. The summed E-state index contributed by atoms with van der Waals surface area (Å²) in [5.41, 5.74) is 11.3. The number of allylic oxidation sites excluding steroid dienone is 1. The summed E-state index contributed by atoms with van der Waals surface area (Å²) in [5.74, 6) is 0. The number of rotatable bonds is 0. The third kappa shape index (κ3) is 1.50. The van der Waals surface area contributed by atoms with Crippen molar-refractivity contribution in [2.75, 3.05) is 0 Å². The van der Waals surface area contributed by atoms with Gasteiger partial charge in [-0.1, -0.05) is 24.3 Å². The summed E-state index contributed by atoms with van der Waals surface area (Å²) in [4.78, 5) is 4.61. The van der Waals surface area contributed by atoms with Gasteiger partial charge < -0.3 is 5.73 Å². The van der Waals surface area contributed by atoms with E-state index in [0.29, 0.717) is 0 Å². The molecule has 1 aliphatic heterocycles. The molecule has 0 spiro atoms. The van der Waals surface area contributed by atoms with E-state index in [1.807, 2.05) is 12.3 Å². The summed E-state index contributed by atoms with van der Waals surface area (Å²) in [7, 11) is 0. The van der Waals surface area contributed by atoms with E-state index in [0.717, 1.165) is 12.8 Å². The Labute approximate surface area is 95.9 Å². The van der Waals surface area contributed by atoms with Crippen LogP contribution in [0, 0.1) is 0 Å². The number of aliphatic imine (C=N–C) groups is 1. The fourth-order valence-corrected chi connectivity index (χ4v) is 2.64. The Morgan fingerprint density at radius 3 is 2.88 bits per heavy atom. The van der Waals surface area contributed by atoms with Crippen LogP contribution in [0.5, 0.6) is 0 Å². The van der Waals surface area contributed by atoms with Crippen molar-refractivity contribution in [3.8, 4) is 0 Å². The van der Waals surface area contributed by atoms with Crippen molar-refractivity contribution in [3.63, 3.8) is 0 Å². The second kappa shape index (κ2) is 3.87. The van der Waals surface area contributed by atoms with Crippen LogP contribution < -0.4 is 5.73 Å². The third-order valence-corrected chi connectivity index (χ3v) is 3.55. The maximum absolute atomic E-state index is 6.36. The molecule has 0 fully saturated rings. The van der Waals surface area contributed by atoms with Crippen molar-refractivity contribution in [1.29, 1.82) is 0 Å². The van der Waals surface area contributed by atoms with Gasteiger partial charge in [-0.3, -0.25) is 4.99 Å². The minimum absolute atomic E-state index is 0.0500. The van der Waals surface area contributed by atoms with Crippen LogP contribution in [0.15, 0.2) is 40.5 Å². The molecule has 0 saturated heterocycles. The maximum atomic E-state index is 6.36. The van der Waals surface area contributed by atoms with E-state index in [9.17, 15) is 0 Å². The van der Waals surface area contributed by atoms with E-state index in [1.165, 1.54) is 35.2 Å². The van der Waals surface area contributed by atoms with E-state index in [2.05, 4.69) is 23.2 Å². The first-order valence-electron chi connectivity index (χ1n) is 5.97. The molecule has 0 bridgehead atoms. The molecule has 0 amide bonds. The van der Waals surface area contributed by atoms with Gasteiger partial charge in [-0.25, -0.2) is 0 Å². The molecule has 0 saturated carbocycles. The number of nitrogens with zero attached hydrogens (tertiary/aromatic N) is 1. The van der Waals surface area contributed by atoms with Gasteiger partial charge in [0.25, 0.3) is 0 Å². The van der Waals surface area contributed by atoms with E-state index in [1.54, 1.807) is 0 Å². The van der Waals surface area contributed by atoms with E-state index in [4.69, 9.17) is 5.73 Å². The van der Waals surface area contributed by atoms with Crippen LogP contribution in [0.4, 0.5) is 0 Å². The fourth-order valence-electron chi connectivity index (χ4n) is 2.64. The lowest BCUT2D eigenvalue weighted by molar-refractivity contribution is 0.621. The van der Waals surface area contributed by atoms with Crippen LogP contribution in [0.1, 0.15) is 42.9 Å². The molecule has 1 atom stereocenters. The smallest absolute Gasteiger partial charge is 0.0538 e. The van der Waals surface area contributed by atoms with Crippen molar-refractivity contribution in [2.24, 2.45) is 10.7 Å². The Morgan fingerprint density at radius 1 is 1.12 bits per heavy atom. The Hall–Kier alpha value is -1.41. The van der Waals surface area contributed by atoms with Gasteiger partial charge in [0.05, 0.1) is 6.04 Å². The number of benzene rings is 1. The van der Waals surface area contributed by atoms with Crippen LogP contribution >= 0.6 is 0 Å². The van der Waals surface area contributed by atoms with Gasteiger partial charge in [0.15, 0.2) is 0 Å². The second-order valence-electron chi connectivity index (χ2n) is 4.54. The van der Waals surface area contributed by atoms with E-state index in [-0.39, 0.29) is 6.04 Å².